The van der Waals surface area contributed by atoms with Gasteiger partial charge in [-0.2, -0.15) is 22.0 Å². The van der Waals surface area contributed by atoms with Crippen LogP contribution >= 0.6 is 0 Å². The van der Waals surface area contributed by atoms with Crippen LogP contribution in [0.3, 0.4) is 0 Å². The van der Waals surface area contributed by atoms with Crippen molar-refractivity contribution in [3.8, 4) is 11.5 Å². The Morgan fingerprint density at radius 3 is 2.21 bits per heavy atom. The SMILES string of the molecule is COCCN(CCCCCCC1=C(c2ccc(F)c(O)c2)CCCc2cc(O)c(F)cc21)CCCS(=O)CCCC(F)(F)C(F)(F)F. The minimum atomic E-state index is -5.60. The first kappa shape index (κ1) is 38.8. The third-order valence-electron chi connectivity index (χ3n) is 8.42. The van der Waals surface area contributed by atoms with E-state index >= 15 is 0 Å². The summed E-state index contributed by atoms with van der Waals surface area (Å²) < 4.78 is 109. The summed E-state index contributed by atoms with van der Waals surface area (Å²) in [4.78, 5) is 2.15. The van der Waals surface area contributed by atoms with Gasteiger partial charge in [-0.05, 0) is 117 Å². The van der Waals surface area contributed by atoms with Crippen LogP contribution in [0.15, 0.2) is 30.3 Å². The van der Waals surface area contributed by atoms with Gasteiger partial charge in [0.1, 0.15) is 0 Å². The lowest BCUT2D eigenvalue weighted by Gasteiger charge is -2.22. The van der Waals surface area contributed by atoms with E-state index in [1.165, 1.54) is 24.3 Å². The lowest BCUT2D eigenvalue weighted by atomic mass is 9.88. The van der Waals surface area contributed by atoms with Crippen LogP contribution in [0.2, 0.25) is 0 Å². The normalized spacial score (nSPS) is 14.8. The van der Waals surface area contributed by atoms with E-state index in [4.69, 9.17) is 4.74 Å². The van der Waals surface area contributed by atoms with Gasteiger partial charge in [0, 0.05) is 42.4 Å². The fraction of sp³-hybridized carbons (Fsp3) is 0.588. The van der Waals surface area contributed by atoms with Crippen molar-refractivity contribution in [2.45, 2.75) is 82.7 Å². The lowest BCUT2D eigenvalue weighted by molar-refractivity contribution is -0.284. The molecule has 264 valence electrons. The maximum atomic E-state index is 14.5. The number of nitrogens with zero attached hydrogens (tertiary/aromatic N) is 1. The maximum absolute atomic E-state index is 14.5. The summed E-state index contributed by atoms with van der Waals surface area (Å²) >= 11 is 0. The average molecular weight is 696 g/mol. The van der Waals surface area contributed by atoms with Gasteiger partial charge in [0.25, 0.3) is 0 Å². The number of unbranched alkanes of at least 4 members (excludes halogenated alkanes) is 3. The van der Waals surface area contributed by atoms with Crippen LogP contribution in [0.1, 0.15) is 80.9 Å². The number of aryl methyl sites for hydroxylation is 1. The van der Waals surface area contributed by atoms with Crippen LogP contribution in [-0.4, -0.2) is 76.3 Å². The van der Waals surface area contributed by atoms with Crippen LogP contribution < -0.4 is 0 Å². The molecule has 1 atom stereocenters. The Morgan fingerprint density at radius 2 is 1.51 bits per heavy atom. The van der Waals surface area contributed by atoms with E-state index in [9.17, 15) is 45.2 Å². The van der Waals surface area contributed by atoms with Gasteiger partial charge < -0.3 is 19.8 Å². The highest BCUT2D eigenvalue weighted by atomic mass is 32.2. The molecule has 47 heavy (non-hydrogen) atoms. The zero-order chi connectivity index (χ0) is 34.6. The number of rotatable bonds is 19. The Balaban J connectivity index is 1.52. The standard InChI is InChI=1S/C34H44F7NO4S/c1-46-18-17-42(16-8-20-47(45)19-7-14-33(37,38)34(39,40)41)15-5-3-2-4-10-27-26(25-12-13-29(35)31(43)22-25)11-6-9-24-21-32(44)30(36)23-28(24)27/h12-13,21-23,43-44H,2-11,14-20H2,1H3. The van der Waals surface area contributed by atoms with Crippen molar-refractivity contribution in [2.24, 2.45) is 0 Å². The van der Waals surface area contributed by atoms with Crippen molar-refractivity contribution >= 4 is 21.9 Å². The zero-order valence-electron chi connectivity index (χ0n) is 26.6. The lowest BCUT2D eigenvalue weighted by Crippen LogP contribution is -2.36. The quantitative estimate of drug-likeness (QED) is 0.114. The summed E-state index contributed by atoms with van der Waals surface area (Å²) in [7, 11) is 0.0940. The Hall–Kier alpha value is -2.64. The van der Waals surface area contributed by atoms with Gasteiger partial charge in [-0.15, -0.1) is 0 Å². The molecule has 0 amide bonds. The first-order valence-electron chi connectivity index (χ1n) is 16.0. The number of phenolic OH excluding ortho intramolecular Hbond substituents is 2. The van der Waals surface area contributed by atoms with Crippen LogP contribution in [0.5, 0.6) is 11.5 Å². The molecule has 2 aromatic rings. The van der Waals surface area contributed by atoms with Gasteiger partial charge >= 0.3 is 12.1 Å². The average Bonchev–Trinajstić information content (AvgIpc) is 3.17. The molecule has 2 N–H and O–H groups in total. The second kappa shape index (κ2) is 18.2. The summed E-state index contributed by atoms with van der Waals surface area (Å²) in [6, 6.07) is 7.04. The number of aromatic hydroxyl groups is 2. The maximum Gasteiger partial charge on any atom is 0.453 e. The van der Waals surface area contributed by atoms with Crippen molar-refractivity contribution < 1.29 is 49.9 Å². The molecule has 0 aromatic heterocycles. The van der Waals surface area contributed by atoms with Crippen LogP contribution in [0.4, 0.5) is 30.7 Å². The van der Waals surface area contributed by atoms with Crippen molar-refractivity contribution in [2.75, 3.05) is 44.9 Å². The van der Waals surface area contributed by atoms with E-state index < -0.39 is 58.9 Å². The molecule has 0 saturated heterocycles. The molecule has 3 rings (SSSR count). The van der Waals surface area contributed by atoms with E-state index in [-0.39, 0.29) is 11.5 Å². The van der Waals surface area contributed by atoms with Gasteiger partial charge in [0.05, 0.1) is 6.61 Å². The third-order valence-corrected chi connectivity index (χ3v) is 9.90. The number of fused-ring (bicyclic) bond motifs is 1. The number of alkyl halides is 5. The van der Waals surface area contributed by atoms with Gasteiger partial charge in [-0.1, -0.05) is 18.9 Å². The fourth-order valence-corrected chi connectivity index (χ4v) is 6.98. The summed E-state index contributed by atoms with van der Waals surface area (Å²) in [6.45, 7) is 2.45. The monoisotopic (exact) mass is 695 g/mol. The van der Waals surface area contributed by atoms with Crippen molar-refractivity contribution in [1.29, 1.82) is 0 Å². The molecular weight excluding hydrogens is 651 g/mol. The van der Waals surface area contributed by atoms with Crippen molar-refractivity contribution in [3.63, 3.8) is 0 Å². The first-order chi connectivity index (χ1) is 22.2. The summed E-state index contributed by atoms with van der Waals surface area (Å²) in [5, 5.41) is 20.0. The molecule has 13 heteroatoms. The highest BCUT2D eigenvalue weighted by Crippen LogP contribution is 2.41. The second-order valence-electron chi connectivity index (χ2n) is 11.9. The molecule has 0 saturated carbocycles. The van der Waals surface area contributed by atoms with Gasteiger partial charge in [-0.25, -0.2) is 8.78 Å². The van der Waals surface area contributed by atoms with Crippen LogP contribution in [0, 0.1) is 11.6 Å². The molecule has 1 unspecified atom stereocenters. The minimum absolute atomic E-state index is 0.206. The predicted molar refractivity (Wildman–Crippen MR) is 170 cm³/mol. The molecule has 0 aliphatic heterocycles. The van der Waals surface area contributed by atoms with Crippen LogP contribution in [0.25, 0.3) is 11.1 Å². The molecule has 0 radical (unpaired) electrons. The highest BCUT2D eigenvalue weighted by molar-refractivity contribution is 7.84. The number of ether oxygens (including phenoxy) is 1. The molecule has 5 nitrogen and oxygen atoms in total. The molecule has 1 aliphatic carbocycles. The van der Waals surface area contributed by atoms with Crippen molar-refractivity contribution in [3.05, 3.63) is 58.7 Å². The molecule has 0 fully saturated rings. The largest absolute Gasteiger partial charge is 0.505 e. The van der Waals surface area contributed by atoms with Gasteiger partial charge in [-0.3, -0.25) is 4.21 Å². The Kier molecular flexibility index (Phi) is 15.0. The highest BCUT2D eigenvalue weighted by Gasteiger charge is 2.56. The predicted octanol–water partition coefficient (Wildman–Crippen LogP) is 8.64. The van der Waals surface area contributed by atoms with E-state index in [1.54, 1.807) is 13.2 Å². The first-order valence-corrected chi connectivity index (χ1v) is 17.5. The number of phenols is 2. The van der Waals surface area contributed by atoms with Crippen LogP contribution in [-0.2, 0) is 22.0 Å². The smallest absolute Gasteiger partial charge is 0.453 e. The number of halogens is 7. The zero-order valence-corrected chi connectivity index (χ0v) is 27.4. The fourth-order valence-electron chi connectivity index (χ4n) is 5.86. The Morgan fingerprint density at radius 1 is 0.830 bits per heavy atom. The van der Waals surface area contributed by atoms with E-state index in [0.29, 0.717) is 56.5 Å². The molecular formula is C34H44F7NO4S. The van der Waals surface area contributed by atoms with E-state index in [2.05, 4.69) is 4.90 Å². The Labute approximate surface area is 274 Å². The number of hydrogen-bond donors (Lipinski definition) is 2. The summed E-state index contributed by atoms with van der Waals surface area (Å²) in [6.07, 6.45) is -0.875. The van der Waals surface area contributed by atoms with Gasteiger partial charge in [0.15, 0.2) is 23.1 Å². The number of allylic oxidation sites excluding steroid dienone is 2. The molecule has 1 aliphatic rings. The molecule has 0 spiro atoms. The Bertz CT molecular complexity index is 1370. The minimum Gasteiger partial charge on any atom is -0.505 e. The molecule has 0 bridgehead atoms. The topological polar surface area (TPSA) is 70.0 Å². The second-order valence-corrected chi connectivity index (χ2v) is 13.6. The molecule has 0 heterocycles. The molecule has 2 aromatic carbocycles. The summed E-state index contributed by atoms with van der Waals surface area (Å²) in [5.74, 6) is -7.06. The van der Waals surface area contributed by atoms with E-state index in [1.807, 2.05) is 0 Å². The van der Waals surface area contributed by atoms with E-state index in [0.717, 1.165) is 55.4 Å². The summed E-state index contributed by atoms with van der Waals surface area (Å²) in [5.41, 5.74) is 4.07. The number of benzene rings is 2. The third kappa shape index (κ3) is 11.8. The van der Waals surface area contributed by atoms with Crippen molar-refractivity contribution in [1.82, 2.24) is 4.90 Å². The number of methoxy groups -OCH3 is 1. The number of hydrogen-bond acceptors (Lipinski definition) is 5. The van der Waals surface area contributed by atoms with Gasteiger partial charge in [0.2, 0.25) is 0 Å².